The number of carbonyl (C=O) groups is 1. The fourth-order valence-electron chi connectivity index (χ4n) is 3.95. The number of benzene rings is 1. The molecule has 2 aliphatic carbocycles. The van der Waals surface area contributed by atoms with Gasteiger partial charge in [-0.15, -0.1) is 0 Å². The summed E-state index contributed by atoms with van der Waals surface area (Å²) in [7, 11) is 1.74. The minimum absolute atomic E-state index is 0.0787. The van der Waals surface area contributed by atoms with Gasteiger partial charge in [0.05, 0.1) is 6.34 Å². The molecule has 1 heterocycles. The zero-order valence-electron chi connectivity index (χ0n) is 17.5. The molecule has 1 aromatic heterocycles. The predicted octanol–water partition coefficient (Wildman–Crippen LogP) is 4.31. The fourth-order valence-corrected chi connectivity index (χ4v) is 3.95. The van der Waals surface area contributed by atoms with Gasteiger partial charge in [0.1, 0.15) is 17.4 Å². The van der Waals surface area contributed by atoms with Crippen molar-refractivity contribution in [1.82, 2.24) is 14.9 Å². The smallest absolute Gasteiger partial charge is 0.274 e. The minimum atomic E-state index is -0.244. The van der Waals surface area contributed by atoms with Crippen LogP contribution >= 0.6 is 0 Å². The predicted molar refractivity (Wildman–Crippen MR) is 117 cm³/mol. The topological polar surface area (TPSA) is 106 Å². The number of nitrogens with one attached hydrogen (secondary N) is 3. The van der Waals surface area contributed by atoms with Gasteiger partial charge in [0.2, 0.25) is 0 Å². The van der Waals surface area contributed by atoms with Crippen molar-refractivity contribution in [3.8, 4) is 0 Å². The van der Waals surface area contributed by atoms with Crippen molar-refractivity contribution in [1.29, 1.82) is 10.8 Å². The molecule has 0 bridgehead atoms. The molecule has 2 aliphatic rings. The first-order chi connectivity index (χ1) is 14.5. The molecule has 4 rings (SSSR count). The summed E-state index contributed by atoms with van der Waals surface area (Å²) in [5.74, 6) is 1.65. The van der Waals surface area contributed by atoms with Gasteiger partial charge >= 0.3 is 0 Å². The number of anilines is 1. The van der Waals surface area contributed by atoms with Crippen LogP contribution in [0.1, 0.15) is 71.5 Å². The number of amides is 1. The summed E-state index contributed by atoms with van der Waals surface area (Å²) >= 11 is 0. The van der Waals surface area contributed by atoms with E-state index < -0.39 is 0 Å². The highest BCUT2D eigenvalue weighted by Gasteiger charge is 2.33. The maximum atomic E-state index is 12.9. The van der Waals surface area contributed by atoms with Gasteiger partial charge in [0, 0.05) is 30.3 Å². The third kappa shape index (κ3) is 4.25. The van der Waals surface area contributed by atoms with Crippen LogP contribution in [0.25, 0.3) is 0 Å². The van der Waals surface area contributed by atoms with Gasteiger partial charge in [-0.25, -0.2) is 9.97 Å². The van der Waals surface area contributed by atoms with Crippen molar-refractivity contribution in [2.24, 2.45) is 5.92 Å². The van der Waals surface area contributed by atoms with Gasteiger partial charge in [-0.3, -0.25) is 15.6 Å². The molecule has 7 nitrogen and oxygen atoms in total. The maximum absolute atomic E-state index is 12.9. The van der Waals surface area contributed by atoms with E-state index in [1.54, 1.807) is 18.0 Å². The Kier molecular flexibility index (Phi) is 5.61. The maximum Gasteiger partial charge on any atom is 0.274 e. The molecule has 1 atom stereocenters. The van der Waals surface area contributed by atoms with Crippen molar-refractivity contribution in [2.75, 3.05) is 12.4 Å². The van der Waals surface area contributed by atoms with Crippen LogP contribution in [0.4, 0.5) is 5.69 Å². The van der Waals surface area contributed by atoms with Gasteiger partial charge in [0.15, 0.2) is 0 Å². The third-order valence-electron chi connectivity index (χ3n) is 6.04. The lowest BCUT2D eigenvalue weighted by molar-refractivity contribution is 0.102. The molecule has 0 aliphatic heterocycles. The number of hydrogen-bond donors (Lipinski definition) is 3. The van der Waals surface area contributed by atoms with E-state index in [0.29, 0.717) is 29.1 Å². The summed E-state index contributed by atoms with van der Waals surface area (Å²) in [6.45, 7) is 1.89. The first kappa shape index (κ1) is 20.2. The molecule has 156 valence electrons. The number of amidine groups is 1. The molecule has 0 radical (unpaired) electrons. The monoisotopic (exact) mass is 404 g/mol. The van der Waals surface area contributed by atoms with E-state index in [0.717, 1.165) is 42.8 Å². The van der Waals surface area contributed by atoms with Crippen LogP contribution in [0.5, 0.6) is 0 Å². The van der Waals surface area contributed by atoms with Crippen LogP contribution in [0, 0.1) is 23.7 Å². The SMILES string of the molecule is Cc1cc(C(=O)Nc2cccc(C(C(=N)N(C)C=N)C3CCC3)c2)nc(C2CC2)n1. The Morgan fingerprint density at radius 3 is 2.63 bits per heavy atom. The molecule has 2 saturated carbocycles. The van der Waals surface area contributed by atoms with Crippen LogP contribution in [0.3, 0.4) is 0 Å². The Morgan fingerprint density at radius 1 is 1.23 bits per heavy atom. The number of nitrogens with zero attached hydrogens (tertiary/aromatic N) is 3. The van der Waals surface area contributed by atoms with Gasteiger partial charge in [-0.05, 0) is 62.3 Å². The summed E-state index contributed by atoms with van der Waals surface area (Å²) in [5.41, 5.74) is 2.88. The molecular formula is C23H28N6O. The van der Waals surface area contributed by atoms with E-state index in [2.05, 4.69) is 15.3 Å². The van der Waals surface area contributed by atoms with Crippen molar-refractivity contribution < 1.29 is 4.79 Å². The summed E-state index contributed by atoms with van der Waals surface area (Å²) in [6, 6.07) is 9.44. The van der Waals surface area contributed by atoms with Crippen LogP contribution in [0.2, 0.25) is 0 Å². The van der Waals surface area contributed by atoms with E-state index in [1.165, 1.54) is 12.8 Å². The van der Waals surface area contributed by atoms with E-state index in [4.69, 9.17) is 10.8 Å². The highest BCUT2D eigenvalue weighted by molar-refractivity contribution is 6.03. The molecule has 1 amide bonds. The summed E-state index contributed by atoms with van der Waals surface area (Å²) in [5, 5.41) is 19.0. The Labute approximate surface area is 177 Å². The number of rotatable bonds is 7. The fraction of sp³-hybridized carbons (Fsp3) is 0.435. The number of aromatic nitrogens is 2. The number of likely N-dealkylation sites (N-methyl/N-ethyl adjacent to an activating group) is 1. The van der Waals surface area contributed by atoms with Gasteiger partial charge in [0.25, 0.3) is 5.91 Å². The number of aryl methyl sites for hydroxylation is 1. The molecule has 1 unspecified atom stereocenters. The molecular weight excluding hydrogens is 376 g/mol. The first-order valence-electron chi connectivity index (χ1n) is 10.5. The Balaban J connectivity index is 1.56. The molecule has 1 aromatic carbocycles. The second-order valence-electron chi connectivity index (χ2n) is 8.40. The van der Waals surface area contributed by atoms with E-state index in [9.17, 15) is 4.79 Å². The second-order valence-corrected chi connectivity index (χ2v) is 8.40. The van der Waals surface area contributed by atoms with E-state index in [-0.39, 0.29) is 11.8 Å². The lowest BCUT2D eigenvalue weighted by Gasteiger charge is -2.36. The molecule has 2 aromatic rings. The minimum Gasteiger partial charge on any atom is -0.324 e. The number of hydrogen-bond acceptors (Lipinski definition) is 5. The van der Waals surface area contributed by atoms with Crippen LogP contribution in [-0.2, 0) is 0 Å². The van der Waals surface area contributed by atoms with Gasteiger partial charge in [-0.1, -0.05) is 18.6 Å². The highest BCUT2D eigenvalue weighted by atomic mass is 16.1. The largest absolute Gasteiger partial charge is 0.324 e. The zero-order valence-corrected chi connectivity index (χ0v) is 17.5. The average molecular weight is 405 g/mol. The summed E-state index contributed by atoms with van der Waals surface area (Å²) in [4.78, 5) is 23.3. The lowest BCUT2D eigenvalue weighted by Crippen LogP contribution is -2.36. The highest BCUT2D eigenvalue weighted by Crippen LogP contribution is 2.41. The summed E-state index contributed by atoms with van der Waals surface area (Å²) < 4.78 is 0. The van der Waals surface area contributed by atoms with Crippen molar-refractivity contribution >= 4 is 23.8 Å². The standard InChI is InChI=1S/C23H28N6O/c1-14-11-19(28-22(26-14)16-9-10-16)23(30)27-18-8-4-7-17(12-18)20(15-5-3-6-15)21(25)29(2)13-24/h4,7-8,11-13,15-16,20,24-25H,3,5-6,9-10H2,1-2H3,(H,27,30). The average Bonchev–Trinajstić information content (AvgIpc) is 3.54. The Hall–Kier alpha value is -3.09. The summed E-state index contributed by atoms with van der Waals surface area (Å²) in [6.07, 6.45) is 6.69. The molecule has 3 N–H and O–H groups in total. The molecule has 7 heteroatoms. The number of carbonyl (C=O) groups excluding carboxylic acids is 1. The molecule has 2 fully saturated rings. The molecule has 30 heavy (non-hydrogen) atoms. The van der Waals surface area contributed by atoms with Gasteiger partial charge in [-0.2, -0.15) is 0 Å². The Bertz CT molecular complexity index is 979. The molecule has 0 saturated heterocycles. The van der Waals surface area contributed by atoms with E-state index in [1.807, 2.05) is 31.2 Å². The van der Waals surface area contributed by atoms with Crippen LogP contribution in [0.15, 0.2) is 30.3 Å². The third-order valence-corrected chi connectivity index (χ3v) is 6.04. The zero-order chi connectivity index (χ0) is 21.3. The van der Waals surface area contributed by atoms with Gasteiger partial charge < -0.3 is 10.2 Å². The van der Waals surface area contributed by atoms with Crippen molar-refractivity contribution in [3.05, 3.63) is 53.1 Å². The first-order valence-corrected chi connectivity index (χ1v) is 10.5. The van der Waals surface area contributed by atoms with Crippen molar-refractivity contribution in [3.63, 3.8) is 0 Å². The van der Waals surface area contributed by atoms with Crippen molar-refractivity contribution in [2.45, 2.75) is 50.9 Å². The second kappa shape index (κ2) is 8.34. The normalized spacial score (nSPS) is 17.0. The lowest BCUT2D eigenvalue weighted by atomic mass is 9.72. The quantitative estimate of drug-likeness (QED) is 0.472. The Morgan fingerprint density at radius 2 is 2.00 bits per heavy atom. The van der Waals surface area contributed by atoms with E-state index >= 15 is 0 Å². The van der Waals surface area contributed by atoms with Crippen LogP contribution in [-0.4, -0.2) is 40.0 Å². The molecule has 0 spiro atoms. The van der Waals surface area contributed by atoms with Crippen LogP contribution < -0.4 is 5.32 Å².